The second-order valence-electron chi connectivity index (χ2n) is 5.97. The predicted molar refractivity (Wildman–Crippen MR) is 68.5 cm³/mol. The second-order valence-corrected chi connectivity index (χ2v) is 7.47. The minimum absolute atomic E-state index is 0.0812. The van der Waals surface area contributed by atoms with E-state index < -0.39 is 16.7 Å². The van der Waals surface area contributed by atoms with Gasteiger partial charge in [0.1, 0.15) is 0 Å². The van der Waals surface area contributed by atoms with E-state index in [1.54, 1.807) is 0 Å². The van der Waals surface area contributed by atoms with Gasteiger partial charge in [0.2, 0.25) is 5.92 Å². The van der Waals surface area contributed by atoms with Gasteiger partial charge in [0.15, 0.2) is 0 Å². The topological polar surface area (TPSA) is 43.4 Å². The molecule has 2 unspecified atom stereocenters. The monoisotopic (exact) mass is 294 g/mol. The molecule has 2 aliphatic rings. The Morgan fingerprint density at radius 3 is 2.53 bits per heavy atom. The van der Waals surface area contributed by atoms with Gasteiger partial charge in [0, 0.05) is 35.1 Å². The van der Waals surface area contributed by atoms with Gasteiger partial charge in [-0.15, -0.1) is 0 Å². The normalized spacial score (nSPS) is 28.9. The average Bonchev–Trinajstić information content (AvgIpc) is 2.95. The highest BCUT2D eigenvalue weighted by molar-refractivity contribution is 7.85. The van der Waals surface area contributed by atoms with Crippen molar-refractivity contribution in [2.24, 2.45) is 11.3 Å². The summed E-state index contributed by atoms with van der Waals surface area (Å²) in [6.07, 6.45) is 2.31. The largest absolute Gasteiger partial charge is 0.469 e. The number of halogens is 2. The van der Waals surface area contributed by atoms with Crippen LogP contribution >= 0.6 is 0 Å². The van der Waals surface area contributed by atoms with Crippen LogP contribution in [-0.4, -0.2) is 34.7 Å². The molecule has 0 bridgehead atoms. The van der Waals surface area contributed by atoms with E-state index in [0.29, 0.717) is 24.3 Å². The summed E-state index contributed by atoms with van der Waals surface area (Å²) < 4.78 is 42.8. The summed E-state index contributed by atoms with van der Waals surface area (Å²) in [5.74, 6) is -2.19. The predicted octanol–water partition coefficient (Wildman–Crippen LogP) is 2.51. The van der Waals surface area contributed by atoms with Gasteiger partial charge in [0.25, 0.3) is 0 Å². The van der Waals surface area contributed by atoms with E-state index in [1.165, 1.54) is 7.11 Å². The Hall–Kier alpha value is -0.520. The van der Waals surface area contributed by atoms with Crippen LogP contribution in [0.15, 0.2) is 0 Å². The maximum absolute atomic E-state index is 13.1. The molecule has 19 heavy (non-hydrogen) atoms. The van der Waals surface area contributed by atoms with Crippen LogP contribution in [0.4, 0.5) is 8.78 Å². The molecule has 0 aromatic heterocycles. The maximum Gasteiger partial charge on any atom is 0.306 e. The number of carbonyl (C=O) groups excluding carboxylic acids is 1. The van der Waals surface area contributed by atoms with E-state index in [4.69, 9.17) is 0 Å². The van der Waals surface area contributed by atoms with Crippen LogP contribution in [0.5, 0.6) is 0 Å². The number of rotatable bonds is 6. The Labute approximate surface area is 114 Å². The Balaban J connectivity index is 1.77. The minimum atomic E-state index is -2.57. The highest BCUT2D eigenvalue weighted by Crippen LogP contribution is 2.50. The van der Waals surface area contributed by atoms with Crippen molar-refractivity contribution in [2.45, 2.75) is 44.4 Å². The molecule has 2 fully saturated rings. The third-order valence-electron chi connectivity index (χ3n) is 4.10. The quantitative estimate of drug-likeness (QED) is 0.707. The Morgan fingerprint density at radius 2 is 2.05 bits per heavy atom. The molecule has 6 heteroatoms. The van der Waals surface area contributed by atoms with Crippen molar-refractivity contribution >= 4 is 16.8 Å². The fourth-order valence-corrected chi connectivity index (χ4v) is 4.78. The number of ether oxygens (including phenoxy) is 1. The first-order valence-electron chi connectivity index (χ1n) is 6.64. The molecule has 2 rings (SSSR count). The number of hydrogen-bond donors (Lipinski definition) is 0. The summed E-state index contributed by atoms with van der Waals surface area (Å²) >= 11 is 0. The molecule has 0 spiro atoms. The molecule has 0 heterocycles. The molecule has 2 atom stereocenters. The first-order valence-corrected chi connectivity index (χ1v) is 8.13. The summed E-state index contributed by atoms with van der Waals surface area (Å²) in [4.78, 5) is 11.3. The molecule has 2 aliphatic carbocycles. The molecule has 0 N–H and O–H groups in total. The van der Waals surface area contributed by atoms with E-state index in [-0.39, 0.29) is 30.1 Å². The van der Waals surface area contributed by atoms with Crippen LogP contribution in [0.3, 0.4) is 0 Å². The van der Waals surface area contributed by atoms with E-state index >= 15 is 0 Å². The highest BCUT2D eigenvalue weighted by Gasteiger charge is 2.47. The average molecular weight is 294 g/mol. The lowest BCUT2D eigenvalue weighted by Crippen LogP contribution is -2.21. The van der Waals surface area contributed by atoms with Crippen molar-refractivity contribution in [3.8, 4) is 0 Å². The van der Waals surface area contributed by atoms with Crippen molar-refractivity contribution in [3.05, 3.63) is 0 Å². The van der Waals surface area contributed by atoms with E-state index in [0.717, 1.165) is 12.8 Å². The summed E-state index contributed by atoms with van der Waals surface area (Å²) in [5, 5.41) is 0. The molecular formula is C13H20F2O3S. The van der Waals surface area contributed by atoms with Crippen LogP contribution in [-0.2, 0) is 20.3 Å². The van der Waals surface area contributed by atoms with Crippen LogP contribution in [0.2, 0.25) is 0 Å². The number of carbonyl (C=O) groups is 1. The molecular weight excluding hydrogens is 274 g/mol. The van der Waals surface area contributed by atoms with Crippen LogP contribution in [0.1, 0.15) is 38.5 Å². The summed E-state index contributed by atoms with van der Waals surface area (Å²) in [6, 6.07) is 0. The van der Waals surface area contributed by atoms with Gasteiger partial charge in [-0.3, -0.25) is 9.00 Å². The van der Waals surface area contributed by atoms with Gasteiger partial charge in [-0.25, -0.2) is 8.78 Å². The van der Waals surface area contributed by atoms with Crippen molar-refractivity contribution in [3.63, 3.8) is 0 Å². The second kappa shape index (κ2) is 5.46. The van der Waals surface area contributed by atoms with Crippen molar-refractivity contribution in [1.82, 2.24) is 0 Å². The lowest BCUT2D eigenvalue weighted by Gasteiger charge is -2.15. The maximum atomic E-state index is 13.1. The summed E-state index contributed by atoms with van der Waals surface area (Å²) in [5.41, 5.74) is -0.181. The molecule has 0 aromatic carbocycles. The lowest BCUT2D eigenvalue weighted by molar-refractivity contribution is -0.141. The van der Waals surface area contributed by atoms with E-state index in [1.807, 2.05) is 0 Å². The zero-order valence-electron chi connectivity index (χ0n) is 11.1. The van der Waals surface area contributed by atoms with Crippen molar-refractivity contribution < 1.29 is 22.5 Å². The fraction of sp³-hybridized carbons (Fsp3) is 0.923. The standard InChI is InChI=1S/C13H20F2O3S/c1-18-11(16)7-12(4-5-12)9-19(17)8-10-2-3-13(14,15)6-10/h10H,2-9H2,1H3. The van der Waals surface area contributed by atoms with Gasteiger partial charge in [-0.1, -0.05) is 0 Å². The first kappa shape index (κ1) is 14.9. The smallest absolute Gasteiger partial charge is 0.306 e. The zero-order chi connectivity index (χ0) is 14.1. The highest BCUT2D eigenvalue weighted by atomic mass is 32.2. The molecule has 0 radical (unpaired) electrons. The van der Waals surface area contributed by atoms with Crippen molar-refractivity contribution in [1.29, 1.82) is 0 Å². The molecule has 0 amide bonds. The third-order valence-corrected chi connectivity index (χ3v) is 5.88. The van der Waals surface area contributed by atoms with E-state index in [9.17, 15) is 17.8 Å². The van der Waals surface area contributed by atoms with Gasteiger partial charge < -0.3 is 4.74 Å². The first-order chi connectivity index (χ1) is 8.84. The molecule has 0 aliphatic heterocycles. The number of alkyl halides is 2. The number of hydrogen-bond acceptors (Lipinski definition) is 3. The summed E-state index contributed by atoms with van der Waals surface area (Å²) in [6.45, 7) is 0. The minimum Gasteiger partial charge on any atom is -0.469 e. The number of methoxy groups -OCH3 is 1. The van der Waals surface area contributed by atoms with Crippen LogP contribution in [0, 0.1) is 11.3 Å². The Kier molecular flexibility index (Phi) is 4.28. The molecule has 2 saturated carbocycles. The summed E-state index contributed by atoms with van der Waals surface area (Å²) in [7, 11) is 0.234. The van der Waals surface area contributed by atoms with Crippen molar-refractivity contribution in [2.75, 3.05) is 18.6 Å². The van der Waals surface area contributed by atoms with Gasteiger partial charge in [0.05, 0.1) is 13.5 Å². The Morgan fingerprint density at radius 1 is 1.37 bits per heavy atom. The van der Waals surface area contributed by atoms with Crippen LogP contribution < -0.4 is 0 Å². The van der Waals surface area contributed by atoms with Gasteiger partial charge in [-0.05, 0) is 30.6 Å². The van der Waals surface area contributed by atoms with Gasteiger partial charge in [-0.2, -0.15) is 0 Å². The third kappa shape index (κ3) is 4.23. The lowest BCUT2D eigenvalue weighted by atomic mass is 10.1. The van der Waals surface area contributed by atoms with Crippen LogP contribution in [0.25, 0.3) is 0 Å². The Bertz CT molecular complexity index is 380. The molecule has 0 aromatic rings. The zero-order valence-corrected chi connectivity index (χ0v) is 11.9. The van der Waals surface area contributed by atoms with Gasteiger partial charge >= 0.3 is 5.97 Å². The fourth-order valence-electron chi connectivity index (χ4n) is 2.77. The molecule has 3 nitrogen and oxygen atoms in total. The molecule has 110 valence electrons. The SMILES string of the molecule is COC(=O)CC1(CS(=O)CC2CCC(F)(F)C2)CC1. The molecule has 0 saturated heterocycles. The number of esters is 1. The van der Waals surface area contributed by atoms with E-state index in [2.05, 4.69) is 4.74 Å².